The van der Waals surface area contributed by atoms with Gasteiger partial charge in [0.05, 0.1) is 6.26 Å². The zero-order valence-corrected chi connectivity index (χ0v) is 20.1. The van der Waals surface area contributed by atoms with Crippen molar-refractivity contribution in [2.45, 2.75) is 66.0 Å². The second-order valence-electron chi connectivity index (χ2n) is 8.46. The highest BCUT2D eigenvalue weighted by atomic mass is 32.2. The molecular weight excluding hydrogens is 394 g/mol. The maximum atomic E-state index is 12.1. The molecule has 1 unspecified atom stereocenters. The van der Waals surface area contributed by atoms with Gasteiger partial charge in [-0.05, 0) is 46.5 Å². The Morgan fingerprint density at radius 3 is 2.34 bits per heavy atom. The van der Waals surface area contributed by atoms with Crippen molar-refractivity contribution in [2.75, 3.05) is 39.5 Å². The summed E-state index contributed by atoms with van der Waals surface area (Å²) in [4.78, 5) is 18.7. The second kappa shape index (κ2) is 12.9. The largest absolute Gasteiger partial charge is 0.444 e. The molecule has 1 atom stereocenters. The van der Waals surface area contributed by atoms with Crippen LogP contribution in [0.3, 0.4) is 0 Å². The lowest BCUT2D eigenvalue weighted by atomic mass is 10.0. The third-order valence-electron chi connectivity index (χ3n) is 3.94. The first kappa shape index (κ1) is 27.5. The molecule has 0 aromatic carbocycles. The molecule has 0 saturated heterocycles. The smallest absolute Gasteiger partial charge is 0.407 e. The average molecular weight is 436 g/mol. The number of aliphatic imine (C=N–C) groups is 1. The van der Waals surface area contributed by atoms with Gasteiger partial charge in [-0.15, -0.1) is 0 Å². The van der Waals surface area contributed by atoms with Gasteiger partial charge in [-0.25, -0.2) is 17.9 Å². The molecule has 10 heteroatoms. The third kappa shape index (κ3) is 15.0. The molecule has 0 fully saturated rings. The summed E-state index contributed by atoms with van der Waals surface area (Å²) in [5.41, 5.74) is -0.529. The number of nitrogens with one attached hydrogen (secondary N) is 3. The van der Waals surface area contributed by atoms with Gasteiger partial charge in [0.15, 0.2) is 5.96 Å². The van der Waals surface area contributed by atoms with Gasteiger partial charge in [0, 0.05) is 39.3 Å². The Labute approximate surface area is 177 Å². The number of guanidine groups is 1. The monoisotopic (exact) mass is 435 g/mol. The lowest BCUT2D eigenvalue weighted by Gasteiger charge is -2.28. The molecule has 172 valence electrons. The predicted octanol–water partition coefficient (Wildman–Crippen LogP) is 1.76. The van der Waals surface area contributed by atoms with E-state index in [0.29, 0.717) is 26.1 Å². The SMILES string of the molecule is CCNC(=NCCCNS(C)(=O)=O)N(C)CCC(NC(=O)OC(C)(C)C)C(C)C. The standard InChI is InChI=1S/C19H41N5O4S/c1-9-20-17(21-12-10-13-22-29(8,26)27)24(7)14-11-16(15(2)3)23-18(25)28-19(4,5)6/h15-16,22H,9-14H2,1-8H3,(H,20,21)(H,23,25). The Morgan fingerprint density at radius 2 is 1.86 bits per heavy atom. The lowest BCUT2D eigenvalue weighted by Crippen LogP contribution is -2.45. The van der Waals surface area contributed by atoms with Gasteiger partial charge in [-0.1, -0.05) is 13.8 Å². The number of rotatable bonds is 11. The Morgan fingerprint density at radius 1 is 1.24 bits per heavy atom. The van der Waals surface area contributed by atoms with E-state index in [0.717, 1.165) is 25.2 Å². The number of hydrogen-bond donors (Lipinski definition) is 3. The number of hydrogen-bond acceptors (Lipinski definition) is 5. The molecule has 0 heterocycles. The minimum atomic E-state index is -3.17. The van der Waals surface area contributed by atoms with Crippen LogP contribution in [0.2, 0.25) is 0 Å². The minimum Gasteiger partial charge on any atom is -0.444 e. The van der Waals surface area contributed by atoms with Crippen molar-refractivity contribution >= 4 is 22.1 Å². The van der Waals surface area contributed by atoms with Gasteiger partial charge in [0.1, 0.15) is 5.60 Å². The van der Waals surface area contributed by atoms with Gasteiger partial charge >= 0.3 is 6.09 Å². The number of alkyl carbamates (subject to hydrolysis) is 1. The molecule has 0 spiro atoms. The quantitative estimate of drug-likeness (QED) is 0.259. The van der Waals surface area contributed by atoms with Crippen molar-refractivity contribution in [3.63, 3.8) is 0 Å². The van der Waals surface area contributed by atoms with Crippen molar-refractivity contribution in [3.05, 3.63) is 0 Å². The van der Waals surface area contributed by atoms with Crippen LogP contribution >= 0.6 is 0 Å². The average Bonchev–Trinajstić information content (AvgIpc) is 2.54. The maximum absolute atomic E-state index is 12.1. The summed E-state index contributed by atoms with van der Waals surface area (Å²) in [5.74, 6) is 1.02. The van der Waals surface area contributed by atoms with Crippen molar-refractivity contribution in [3.8, 4) is 0 Å². The van der Waals surface area contributed by atoms with Crippen LogP contribution in [0.25, 0.3) is 0 Å². The third-order valence-corrected chi connectivity index (χ3v) is 4.67. The van der Waals surface area contributed by atoms with E-state index in [4.69, 9.17) is 4.74 Å². The lowest BCUT2D eigenvalue weighted by molar-refractivity contribution is 0.0485. The molecule has 0 aromatic heterocycles. The Balaban J connectivity index is 4.70. The summed E-state index contributed by atoms with van der Waals surface area (Å²) in [6.07, 6.45) is 2.10. The first-order chi connectivity index (χ1) is 13.2. The summed E-state index contributed by atoms with van der Waals surface area (Å²) in [7, 11) is -1.22. The van der Waals surface area contributed by atoms with E-state index in [2.05, 4.69) is 34.2 Å². The van der Waals surface area contributed by atoms with E-state index in [1.807, 2.05) is 39.6 Å². The fraction of sp³-hybridized carbons (Fsp3) is 0.895. The van der Waals surface area contributed by atoms with E-state index in [1.165, 1.54) is 0 Å². The van der Waals surface area contributed by atoms with Crippen LogP contribution < -0.4 is 15.4 Å². The van der Waals surface area contributed by atoms with Gasteiger partial charge < -0.3 is 20.3 Å². The van der Waals surface area contributed by atoms with E-state index < -0.39 is 21.7 Å². The predicted molar refractivity (Wildman–Crippen MR) is 119 cm³/mol. The summed E-state index contributed by atoms with van der Waals surface area (Å²) < 4.78 is 30.0. The van der Waals surface area contributed by atoms with E-state index in [1.54, 1.807) is 0 Å². The summed E-state index contributed by atoms with van der Waals surface area (Å²) in [5, 5.41) is 6.20. The van der Waals surface area contributed by atoms with Gasteiger partial charge in [-0.3, -0.25) is 4.99 Å². The van der Waals surface area contributed by atoms with Crippen LogP contribution in [-0.4, -0.2) is 76.5 Å². The zero-order valence-electron chi connectivity index (χ0n) is 19.3. The highest BCUT2D eigenvalue weighted by Crippen LogP contribution is 2.11. The maximum Gasteiger partial charge on any atom is 0.407 e. The normalized spacial score (nSPS) is 13.9. The van der Waals surface area contributed by atoms with Gasteiger partial charge in [-0.2, -0.15) is 0 Å². The fourth-order valence-electron chi connectivity index (χ4n) is 2.46. The molecule has 1 amide bonds. The number of carbonyl (C=O) groups excluding carboxylic acids is 1. The molecule has 29 heavy (non-hydrogen) atoms. The van der Waals surface area contributed by atoms with Gasteiger partial charge in [0.25, 0.3) is 0 Å². The highest BCUT2D eigenvalue weighted by molar-refractivity contribution is 7.88. The molecule has 0 aliphatic rings. The van der Waals surface area contributed by atoms with Crippen LogP contribution in [0.15, 0.2) is 4.99 Å². The summed E-state index contributed by atoms with van der Waals surface area (Å²) in [6.45, 7) is 14.0. The molecule has 0 saturated carbocycles. The summed E-state index contributed by atoms with van der Waals surface area (Å²) >= 11 is 0. The number of carbonyl (C=O) groups is 1. The highest BCUT2D eigenvalue weighted by Gasteiger charge is 2.22. The Kier molecular flexibility index (Phi) is 12.2. The molecule has 0 radical (unpaired) electrons. The molecule has 0 aromatic rings. The van der Waals surface area contributed by atoms with Crippen LogP contribution in [-0.2, 0) is 14.8 Å². The van der Waals surface area contributed by atoms with Crippen LogP contribution in [0.1, 0.15) is 54.4 Å². The van der Waals surface area contributed by atoms with Crippen LogP contribution in [0, 0.1) is 5.92 Å². The molecule has 3 N–H and O–H groups in total. The topological polar surface area (TPSA) is 112 Å². The second-order valence-corrected chi connectivity index (χ2v) is 10.3. The molecule has 9 nitrogen and oxygen atoms in total. The molecule has 0 bridgehead atoms. The Bertz CT molecular complexity index is 615. The summed E-state index contributed by atoms with van der Waals surface area (Å²) in [6, 6.07) is -0.0193. The molecule has 0 rings (SSSR count). The number of nitrogens with zero attached hydrogens (tertiary/aromatic N) is 2. The molecule has 0 aliphatic carbocycles. The minimum absolute atomic E-state index is 0.0193. The number of ether oxygens (including phenoxy) is 1. The number of amides is 1. The molecular formula is C19H41N5O4S. The van der Waals surface area contributed by atoms with Crippen molar-refractivity contribution in [2.24, 2.45) is 10.9 Å². The van der Waals surface area contributed by atoms with Crippen molar-refractivity contribution in [1.82, 2.24) is 20.3 Å². The van der Waals surface area contributed by atoms with Crippen molar-refractivity contribution < 1.29 is 17.9 Å². The van der Waals surface area contributed by atoms with E-state index >= 15 is 0 Å². The number of sulfonamides is 1. The first-order valence-electron chi connectivity index (χ1n) is 10.2. The zero-order chi connectivity index (χ0) is 22.7. The van der Waals surface area contributed by atoms with E-state index in [9.17, 15) is 13.2 Å². The Hall–Kier alpha value is -1.55. The fourth-order valence-corrected chi connectivity index (χ4v) is 2.98. The van der Waals surface area contributed by atoms with Gasteiger partial charge in [0.2, 0.25) is 10.0 Å². The van der Waals surface area contributed by atoms with Crippen LogP contribution in [0.4, 0.5) is 4.79 Å². The van der Waals surface area contributed by atoms with E-state index in [-0.39, 0.29) is 12.0 Å². The first-order valence-corrected chi connectivity index (χ1v) is 12.1. The molecule has 0 aliphatic heterocycles. The van der Waals surface area contributed by atoms with Crippen LogP contribution in [0.5, 0.6) is 0 Å². The van der Waals surface area contributed by atoms with Crippen molar-refractivity contribution in [1.29, 1.82) is 0 Å².